The first kappa shape index (κ1) is 17.0. The quantitative estimate of drug-likeness (QED) is 0.779. The summed E-state index contributed by atoms with van der Waals surface area (Å²) in [6.45, 7) is 2.08. The van der Waals surface area contributed by atoms with Gasteiger partial charge in [-0.2, -0.15) is 0 Å². The molecule has 2 atom stereocenters. The summed E-state index contributed by atoms with van der Waals surface area (Å²) in [5.41, 5.74) is 0.898. The number of carbonyl (C=O) groups excluding carboxylic acids is 1. The van der Waals surface area contributed by atoms with E-state index in [0.717, 1.165) is 5.69 Å². The third-order valence-electron chi connectivity index (χ3n) is 3.47. The van der Waals surface area contributed by atoms with Crippen LogP contribution in [0.15, 0.2) is 54.7 Å². The van der Waals surface area contributed by atoms with Gasteiger partial charge >= 0.3 is 0 Å². The van der Waals surface area contributed by atoms with Gasteiger partial charge in [-0.05, 0) is 37.6 Å². The van der Waals surface area contributed by atoms with E-state index in [1.54, 1.807) is 25.3 Å². The first-order valence-corrected chi connectivity index (χ1v) is 7.69. The fraction of sp³-hybridized carbons (Fsp3) is 0.333. The van der Waals surface area contributed by atoms with Crippen LogP contribution in [0.3, 0.4) is 0 Å². The number of aliphatic hydroxyl groups is 1. The standard InChI is InChI=1S/C18H22N2O3/c1-14(23-17-8-3-2-4-9-17)18(22)20-12-15(13-21)11-16-7-5-6-10-19-16/h2-10,14-15,21H,11-13H2,1H3,(H,20,22). The number of hydrogen-bond donors (Lipinski definition) is 2. The molecule has 0 aliphatic heterocycles. The SMILES string of the molecule is CC(Oc1ccccc1)C(=O)NCC(CO)Cc1ccccn1. The number of nitrogens with one attached hydrogen (secondary N) is 1. The third-order valence-corrected chi connectivity index (χ3v) is 3.47. The van der Waals surface area contributed by atoms with Crippen molar-refractivity contribution in [1.82, 2.24) is 10.3 Å². The van der Waals surface area contributed by atoms with Crippen LogP contribution in [0.2, 0.25) is 0 Å². The van der Waals surface area contributed by atoms with Crippen molar-refractivity contribution in [2.45, 2.75) is 19.4 Å². The van der Waals surface area contributed by atoms with E-state index >= 15 is 0 Å². The largest absolute Gasteiger partial charge is 0.481 e. The first-order chi connectivity index (χ1) is 11.2. The highest BCUT2D eigenvalue weighted by molar-refractivity contribution is 5.80. The van der Waals surface area contributed by atoms with Crippen LogP contribution in [0.5, 0.6) is 5.75 Å². The van der Waals surface area contributed by atoms with Gasteiger partial charge in [-0.1, -0.05) is 24.3 Å². The van der Waals surface area contributed by atoms with Crippen molar-refractivity contribution in [1.29, 1.82) is 0 Å². The van der Waals surface area contributed by atoms with E-state index in [4.69, 9.17) is 4.74 Å². The molecule has 2 N–H and O–H groups in total. The highest BCUT2D eigenvalue weighted by Gasteiger charge is 2.17. The lowest BCUT2D eigenvalue weighted by Crippen LogP contribution is -2.40. The molecule has 0 saturated carbocycles. The Kier molecular flexibility index (Phi) is 6.56. The van der Waals surface area contributed by atoms with Crippen molar-refractivity contribution in [3.8, 4) is 5.75 Å². The van der Waals surface area contributed by atoms with E-state index in [-0.39, 0.29) is 18.4 Å². The Morgan fingerprint density at radius 2 is 1.96 bits per heavy atom. The molecular weight excluding hydrogens is 292 g/mol. The molecule has 0 aliphatic carbocycles. The van der Waals surface area contributed by atoms with E-state index in [9.17, 15) is 9.90 Å². The summed E-state index contributed by atoms with van der Waals surface area (Å²) in [5.74, 6) is 0.383. The maximum atomic E-state index is 12.1. The second-order valence-electron chi connectivity index (χ2n) is 5.39. The Bertz CT molecular complexity index is 590. The Morgan fingerprint density at radius 3 is 2.61 bits per heavy atom. The average molecular weight is 314 g/mol. The van der Waals surface area contributed by atoms with Gasteiger partial charge in [0, 0.05) is 31.0 Å². The van der Waals surface area contributed by atoms with Crippen LogP contribution in [0.4, 0.5) is 0 Å². The van der Waals surface area contributed by atoms with E-state index in [1.807, 2.05) is 36.4 Å². The van der Waals surface area contributed by atoms with Crippen LogP contribution in [0.25, 0.3) is 0 Å². The molecule has 5 nitrogen and oxygen atoms in total. The Morgan fingerprint density at radius 1 is 1.22 bits per heavy atom. The molecule has 2 rings (SSSR count). The van der Waals surface area contributed by atoms with Crippen molar-refractivity contribution >= 4 is 5.91 Å². The molecule has 1 heterocycles. The summed E-state index contributed by atoms with van der Waals surface area (Å²) in [6, 6.07) is 14.9. The van der Waals surface area contributed by atoms with Crippen LogP contribution >= 0.6 is 0 Å². The van der Waals surface area contributed by atoms with Gasteiger partial charge in [0.2, 0.25) is 0 Å². The lowest BCUT2D eigenvalue weighted by Gasteiger charge is -2.18. The van der Waals surface area contributed by atoms with Gasteiger partial charge in [0.1, 0.15) is 5.75 Å². The number of ether oxygens (including phenoxy) is 1. The molecule has 1 aromatic carbocycles. The van der Waals surface area contributed by atoms with Gasteiger partial charge < -0.3 is 15.2 Å². The minimum absolute atomic E-state index is 0.00915. The van der Waals surface area contributed by atoms with Gasteiger partial charge in [-0.3, -0.25) is 9.78 Å². The van der Waals surface area contributed by atoms with Crippen LogP contribution in [-0.4, -0.2) is 35.3 Å². The molecule has 0 saturated heterocycles. The fourth-order valence-corrected chi connectivity index (χ4v) is 2.16. The van der Waals surface area contributed by atoms with E-state index in [2.05, 4.69) is 10.3 Å². The number of aromatic nitrogens is 1. The third kappa shape index (κ3) is 5.71. The molecule has 2 unspecified atom stereocenters. The van der Waals surface area contributed by atoms with Gasteiger partial charge in [0.25, 0.3) is 5.91 Å². The number of benzene rings is 1. The number of hydrogen-bond acceptors (Lipinski definition) is 4. The Hall–Kier alpha value is -2.40. The fourth-order valence-electron chi connectivity index (χ4n) is 2.16. The summed E-state index contributed by atoms with van der Waals surface area (Å²) in [7, 11) is 0. The minimum Gasteiger partial charge on any atom is -0.481 e. The minimum atomic E-state index is -0.591. The van der Waals surface area contributed by atoms with Crippen LogP contribution < -0.4 is 10.1 Å². The van der Waals surface area contributed by atoms with E-state index < -0.39 is 6.10 Å². The van der Waals surface area contributed by atoms with Crippen molar-refractivity contribution in [3.05, 3.63) is 60.4 Å². The number of amides is 1. The summed E-state index contributed by atoms with van der Waals surface area (Å²) < 4.78 is 5.57. The molecule has 5 heteroatoms. The topological polar surface area (TPSA) is 71.5 Å². The lowest BCUT2D eigenvalue weighted by atomic mass is 10.0. The lowest BCUT2D eigenvalue weighted by molar-refractivity contribution is -0.127. The Balaban J connectivity index is 1.79. The van der Waals surface area contributed by atoms with E-state index in [0.29, 0.717) is 18.7 Å². The van der Waals surface area contributed by atoms with Crippen molar-refractivity contribution in [2.75, 3.05) is 13.2 Å². The molecule has 122 valence electrons. The zero-order chi connectivity index (χ0) is 16.5. The summed E-state index contributed by atoms with van der Waals surface area (Å²) in [4.78, 5) is 16.3. The number of aliphatic hydroxyl groups excluding tert-OH is 1. The maximum Gasteiger partial charge on any atom is 0.260 e. The number of rotatable bonds is 8. The van der Waals surface area contributed by atoms with Crippen LogP contribution in [0.1, 0.15) is 12.6 Å². The van der Waals surface area contributed by atoms with Crippen molar-refractivity contribution in [2.24, 2.45) is 5.92 Å². The predicted molar refractivity (Wildman–Crippen MR) is 88.1 cm³/mol. The molecule has 0 aliphatic rings. The molecule has 0 bridgehead atoms. The second kappa shape index (κ2) is 8.90. The monoisotopic (exact) mass is 314 g/mol. The summed E-state index contributed by atoms with van der Waals surface area (Å²) in [5, 5.41) is 12.3. The highest BCUT2D eigenvalue weighted by Crippen LogP contribution is 2.11. The second-order valence-corrected chi connectivity index (χ2v) is 5.39. The normalized spacial score (nSPS) is 13.1. The number of nitrogens with zero attached hydrogens (tertiary/aromatic N) is 1. The van der Waals surface area contributed by atoms with Gasteiger partial charge in [-0.15, -0.1) is 0 Å². The first-order valence-electron chi connectivity index (χ1n) is 7.69. The maximum absolute atomic E-state index is 12.1. The number of carbonyl (C=O) groups is 1. The molecule has 0 fully saturated rings. The molecule has 2 aromatic rings. The smallest absolute Gasteiger partial charge is 0.260 e. The van der Waals surface area contributed by atoms with Gasteiger partial charge in [-0.25, -0.2) is 0 Å². The molecule has 1 aromatic heterocycles. The number of para-hydroxylation sites is 1. The summed E-state index contributed by atoms with van der Waals surface area (Å²) >= 11 is 0. The van der Waals surface area contributed by atoms with Gasteiger partial charge in [0.05, 0.1) is 0 Å². The molecule has 0 radical (unpaired) electrons. The molecule has 0 spiro atoms. The van der Waals surface area contributed by atoms with E-state index in [1.165, 1.54) is 0 Å². The summed E-state index contributed by atoms with van der Waals surface area (Å²) in [6.07, 6.45) is 1.75. The molecular formula is C18H22N2O3. The zero-order valence-electron chi connectivity index (χ0n) is 13.2. The number of pyridine rings is 1. The van der Waals surface area contributed by atoms with Crippen LogP contribution in [0, 0.1) is 5.92 Å². The Labute approximate surface area is 136 Å². The highest BCUT2D eigenvalue weighted by atomic mass is 16.5. The zero-order valence-corrected chi connectivity index (χ0v) is 13.2. The van der Waals surface area contributed by atoms with Crippen molar-refractivity contribution in [3.63, 3.8) is 0 Å². The predicted octanol–water partition coefficient (Wildman–Crippen LogP) is 1.82. The molecule has 1 amide bonds. The van der Waals surface area contributed by atoms with Gasteiger partial charge in [0.15, 0.2) is 6.10 Å². The van der Waals surface area contributed by atoms with Crippen molar-refractivity contribution < 1.29 is 14.6 Å². The van der Waals surface area contributed by atoms with Crippen LogP contribution in [-0.2, 0) is 11.2 Å². The molecule has 23 heavy (non-hydrogen) atoms. The average Bonchev–Trinajstić information content (AvgIpc) is 2.60.